The average molecular weight is 367 g/mol. The molecule has 0 radical (unpaired) electrons. The molecule has 3 nitrogen and oxygen atoms in total. The Hall–Kier alpha value is -1.12. The Morgan fingerprint density at radius 1 is 1.40 bits per heavy atom. The highest BCUT2D eigenvalue weighted by Crippen LogP contribution is 2.37. The first-order valence-electron chi connectivity index (χ1n) is 5.45. The van der Waals surface area contributed by atoms with Crippen LogP contribution in [0.4, 0.5) is 13.2 Å². The van der Waals surface area contributed by atoms with E-state index in [1.54, 1.807) is 18.2 Å². The van der Waals surface area contributed by atoms with Crippen LogP contribution in [0.3, 0.4) is 0 Å². The Morgan fingerprint density at radius 2 is 2.10 bits per heavy atom. The molecule has 1 unspecified atom stereocenters. The minimum Gasteiger partial charge on any atom is -0.497 e. The van der Waals surface area contributed by atoms with Crippen LogP contribution < -0.4 is 10.5 Å². The molecule has 0 aliphatic heterocycles. The normalized spacial score (nSPS) is 13.3. The number of rotatable bonds is 3. The summed E-state index contributed by atoms with van der Waals surface area (Å²) in [4.78, 5) is 3.71. The fourth-order valence-corrected chi connectivity index (χ4v) is 2.90. The molecular weight excluding hydrogens is 357 g/mol. The van der Waals surface area contributed by atoms with E-state index in [0.717, 1.165) is 6.20 Å². The van der Waals surface area contributed by atoms with Gasteiger partial charge in [-0.05, 0) is 23.8 Å². The lowest BCUT2D eigenvalue weighted by Gasteiger charge is -2.13. The molecule has 1 heterocycles. The maximum absolute atomic E-state index is 12.5. The first-order valence-corrected chi connectivity index (χ1v) is 7.06. The van der Waals surface area contributed by atoms with E-state index < -0.39 is 17.2 Å². The van der Waals surface area contributed by atoms with E-state index in [9.17, 15) is 13.2 Å². The van der Waals surface area contributed by atoms with Crippen molar-refractivity contribution in [2.24, 2.45) is 5.73 Å². The Labute approximate surface area is 125 Å². The summed E-state index contributed by atoms with van der Waals surface area (Å²) < 4.78 is 43.4. The van der Waals surface area contributed by atoms with E-state index in [4.69, 9.17) is 10.5 Å². The monoisotopic (exact) mass is 366 g/mol. The maximum Gasteiger partial charge on any atom is 0.443 e. The fourth-order valence-electron chi connectivity index (χ4n) is 1.60. The summed E-state index contributed by atoms with van der Waals surface area (Å²) in [6, 6.07) is 4.45. The maximum atomic E-state index is 12.5. The molecule has 0 aliphatic rings. The molecule has 0 bridgehead atoms. The summed E-state index contributed by atoms with van der Waals surface area (Å²) in [7, 11) is 1.51. The van der Waals surface area contributed by atoms with Gasteiger partial charge in [-0.2, -0.15) is 13.2 Å². The van der Waals surface area contributed by atoms with Crippen LogP contribution in [0.25, 0.3) is 0 Å². The van der Waals surface area contributed by atoms with E-state index in [1.165, 1.54) is 7.11 Å². The minimum atomic E-state index is -4.45. The summed E-state index contributed by atoms with van der Waals surface area (Å²) in [6.45, 7) is 0. The highest BCUT2D eigenvalue weighted by Gasteiger charge is 2.35. The molecule has 0 aliphatic carbocycles. The molecule has 2 N–H and O–H groups in total. The number of methoxy groups -OCH3 is 1. The summed E-state index contributed by atoms with van der Waals surface area (Å²) in [5, 5.41) is -0.901. The molecular formula is C12H10BrF3N2OS. The van der Waals surface area contributed by atoms with E-state index in [2.05, 4.69) is 20.9 Å². The number of hydrogen-bond acceptors (Lipinski definition) is 4. The average Bonchev–Trinajstić information content (AvgIpc) is 2.88. The topological polar surface area (TPSA) is 48.1 Å². The number of alkyl halides is 3. The Bertz CT molecular complexity index is 615. The van der Waals surface area contributed by atoms with E-state index in [-0.39, 0.29) is 0 Å². The van der Waals surface area contributed by atoms with Crippen LogP contribution in [0.15, 0.2) is 28.9 Å². The van der Waals surface area contributed by atoms with Crippen molar-refractivity contribution in [3.8, 4) is 5.75 Å². The van der Waals surface area contributed by atoms with Crippen LogP contribution in [-0.4, -0.2) is 12.1 Å². The lowest BCUT2D eigenvalue weighted by molar-refractivity contribution is -0.137. The zero-order chi connectivity index (χ0) is 14.9. The molecule has 2 aromatic rings. The van der Waals surface area contributed by atoms with Crippen LogP contribution >= 0.6 is 27.3 Å². The highest BCUT2D eigenvalue weighted by atomic mass is 79.9. The van der Waals surface area contributed by atoms with Gasteiger partial charge in [-0.1, -0.05) is 15.9 Å². The number of hydrogen-bond donors (Lipinski definition) is 1. The van der Waals surface area contributed by atoms with E-state index >= 15 is 0 Å². The molecule has 20 heavy (non-hydrogen) atoms. The number of nitrogens with zero attached hydrogens (tertiary/aromatic N) is 1. The van der Waals surface area contributed by atoms with Crippen molar-refractivity contribution in [2.75, 3.05) is 7.11 Å². The molecule has 1 aromatic carbocycles. The number of halogens is 4. The molecule has 1 atom stereocenters. The number of aromatic nitrogens is 1. The van der Waals surface area contributed by atoms with Crippen molar-refractivity contribution in [1.82, 2.24) is 4.98 Å². The van der Waals surface area contributed by atoms with Gasteiger partial charge in [0, 0.05) is 15.5 Å². The van der Waals surface area contributed by atoms with Crippen LogP contribution in [-0.2, 0) is 6.18 Å². The van der Waals surface area contributed by atoms with Crippen molar-refractivity contribution in [3.63, 3.8) is 0 Å². The van der Waals surface area contributed by atoms with Gasteiger partial charge < -0.3 is 10.5 Å². The van der Waals surface area contributed by atoms with Gasteiger partial charge in [-0.25, -0.2) is 4.98 Å². The van der Waals surface area contributed by atoms with Crippen LogP contribution in [0, 0.1) is 0 Å². The second kappa shape index (κ2) is 5.71. The first-order chi connectivity index (χ1) is 9.32. The molecule has 2 rings (SSSR count). The summed E-state index contributed by atoms with van der Waals surface area (Å²) in [6.07, 6.45) is -3.29. The third-order valence-electron chi connectivity index (χ3n) is 2.61. The Morgan fingerprint density at radius 3 is 2.65 bits per heavy atom. The van der Waals surface area contributed by atoms with E-state index in [1.807, 2.05) is 0 Å². The van der Waals surface area contributed by atoms with Crippen molar-refractivity contribution in [3.05, 3.63) is 44.3 Å². The first kappa shape index (κ1) is 15.3. The lowest BCUT2D eigenvalue weighted by Crippen LogP contribution is -2.11. The summed E-state index contributed by atoms with van der Waals surface area (Å²) >= 11 is 3.87. The largest absolute Gasteiger partial charge is 0.497 e. The van der Waals surface area contributed by atoms with Crippen molar-refractivity contribution >= 4 is 27.3 Å². The molecule has 8 heteroatoms. The SMILES string of the molecule is COc1ccc(Br)c(C(N)c2cnc(C(F)(F)F)s2)c1. The van der Waals surface area contributed by atoms with Gasteiger partial charge in [0.2, 0.25) is 0 Å². The second-order valence-corrected chi connectivity index (χ2v) is 5.85. The highest BCUT2D eigenvalue weighted by molar-refractivity contribution is 9.10. The molecule has 0 spiro atoms. The molecule has 1 aromatic heterocycles. The standard InChI is InChI=1S/C12H10BrF3N2OS/c1-19-6-2-3-8(13)7(4-6)10(17)9-5-18-11(20-9)12(14,15)16/h2-5,10H,17H2,1H3. The van der Waals surface area contributed by atoms with Gasteiger partial charge in [0.25, 0.3) is 0 Å². The molecule has 0 saturated carbocycles. The van der Waals surface area contributed by atoms with Gasteiger partial charge in [-0.3, -0.25) is 0 Å². The Balaban J connectivity index is 2.36. The van der Waals surface area contributed by atoms with Crippen molar-refractivity contribution in [1.29, 1.82) is 0 Å². The number of thiazole rings is 1. The van der Waals surface area contributed by atoms with Crippen molar-refractivity contribution in [2.45, 2.75) is 12.2 Å². The van der Waals surface area contributed by atoms with Gasteiger partial charge in [-0.15, -0.1) is 11.3 Å². The van der Waals surface area contributed by atoms with Gasteiger partial charge in [0.05, 0.1) is 13.2 Å². The Kier molecular flexibility index (Phi) is 4.36. The summed E-state index contributed by atoms with van der Waals surface area (Å²) in [5.41, 5.74) is 6.66. The predicted molar refractivity (Wildman–Crippen MR) is 73.8 cm³/mol. The van der Waals surface area contributed by atoms with Crippen LogP contribution in [0.5, 0.6) is 5.75 Å². The minimum absolute atomic E-state index is 0.339. The molecule has 108 valence electrons. The predicted octanol–water partition coefficient (Wildman–Crippen LogP) is 3.98. The third kappa shape index (κ3) is 3.13. The lowest BCUT2D eigenvalue weighted by atomic mass is 10.1. The molecule has 0 saturated heterocycles. The fraction of sp³-hybridized carbons (Fsp3) is 0.250. The number of benzene rings is 1. The number of ether oxygens (including phenoxy) is 1. The smallest absolute Gasteiger partial charge is 0.443 e. The van der Waals surface area contributed by atoms with Crippen molar-refractivity contribution < 1.29 is 17.9 Å². The van der Waals surface area contributed by atoms with Gasteiger partial charge in [0.1, 0.15) is 5.75 Å². The number of nitrogens with two attached hydrogens (primary N) is 1. The molecule has 0 fully saturated rings. The van der Waals surface area contributed by atoms with Crippen LogP contribution in [0.1, 0.15) is 21.5 Å². The van der Waals surface area contributed by atoms with Crippen LogP contribution in [0.2, 0.25) is 0 Å². The zero-order valence-corrected chi connectivity index (χ0v) is 12.6. The second-order valence-electron chi connectivity index (χ2n) is 3.93. The van der Waals surface area contributed by atoms with Gasteiger partial charge in [0.15, 0.2) is 5.01 Å². The van der Waals surface area contributed by atoms with E-state index in [0.29, 0.717) is 32.0 Å². The zero-order valence-electron chi connectivity index (χ0n) is 10.2. The molecule has 0 amide bonds. The third-order valence-corrected chi connectivity index (χ3v) is 4.46. The quantitative estimate of drug-likeness (QED) is 0.893. The van der Waals surface area contributed by atoms with Gasteiger partial charge >= 0.3 is 6.18 Å². The summed E-state index contributed by atoms with van der Waals surface area (Å²) in [5.74, 6) is 0.583.